The molecule has 2 aromatic rings. The molecular formula is C15H11ClN2O2S. The fourth-order valence-corrected chi connectivity index (χ4v) is 4.37. The summed E-state index contributed by atoms with van der Waals surface area (Å²) >= 11 is 6.11. The van der Waals surface area contributed by atoms with Gasteiger partial charge in [-0.05, 0) is 29.8 Å². The molecule has 0 saturated carbocycles. The third kappa shape index (κ3) is 2.48. The quantitative estimate of drug-likeness (QED) is 0.923. The van der Waals surface area contributed by atoms with E-state index in [1.54, 1.807) is 36.4 Å². The Morgan fingerprint density at radius 1 is 1.24 bits per heavy atom. The highest BCUT2D eigenvalue weighted by atomic mass is 35.5. The minimum atomic E-state index is -3.27. The number of sulfone groups is 1. The molecule has 0 aliphatic carbocycles. The van der Waals surface area contributed by atoms with Crippen LogP contribution in [0.4, 0.5) is 5.69 Å². The molecule has 4 nitrogen and oxygen atoms in total. The van der Waals surface area contributed by atoms with Crippen molar-refractivity contribution in [1.82, 2.24) is 0 Å². The molecule has 1 N–H and O–H groups in total. The number of hydrogen-bond acceptors (Lipinski definition) is 4. The van der Waals surface area contributed by atoms with Gasteiger partial charge in [0, 0.05) is 0 Å². The third-order valence-corrected chi connectivity index (χ3v) is 5.58. The molecule has 3 rings (SSSR count). The monoisotopic (exact) mass is 318 g/mol. The lowest BCUT2D eigenvalue weighted by Crippen LogP contribution is -2.13. The fourth-order valence-electron chi connectivity index (χ4n) is 2.46. The van der Waals surface area contributed by atoms with Crippen LogP contribution in [0.15, 0.2) is 47.4 Å². The van der Waals surface area contributed by atoms with Gasteiger partial charge in [0.2, 0.25) is 0 Å². The van der Waals surface area contributed by atoms with Crippen LogP contribution in [0, 0.1) is 11.3 Å². The molecular weight excluding hydrogens is 308 g/mol. The summed E-state index contributed by atoms with van der Waals surface area (Å²) in [6.45, 7) is 0. The zero-order valence-electron chi connectivity index (χ0n) is 10.9. The summed E-state index contributed by atoms with van der Waals surface area (Å²) < 4.78 is 24.3. The first kappa shape index (κ1) is 13.9. The Bertz CT molecular complexity index is 856. The van der Waals surface area contributed by atoms with E-state index in [9.17, 15) is 8.42 Å². The van der Waals surface area contributed by atoms with Gasteiger partial charge in [0.1, 0.15) is 0 Å². The second kappa shape index (κ2) is 5.06. The Balaban J connectivity index is 2.00. The Morgan fingerprint density at radius 2 is 2.00 bits per heavy atom. The van der Waals surface area contributed by atoms with E-state index in [0.717, 1.165) is 5.56 Å². The topological polar surface area (TPSA) is 70.0 Å². The third-order valence-electron chi connectivity index (χ3n) is 3.44. The van der Waals surface area contributed by atoms with Crippen LogP contribution < -0.4 is 5.32 Å². The zero-order valence-corrected chi connectivity index (χ0v) is 12.4. The van der Waals surface area contributed by atoms with E-state index in [1.165, 1.54) is 0 Å². The minimum absolute atomic E-state index is 0.0144. The number of fused-ring (bicyclic) bond motifs is 1. The van der Waals surface area contributed by atoms with Crippen molar-refractivity contribution >= 4 is 27.1 Å². The average Bonchev–Trinajstić information content (AvgIpc) is 2.73. The number of benzene rings is 2. The summed E-state index contributed by atoms with van der Waals surface area (Å²) in [6, 6.07) is 13.5. The fraction of sp³-hybridized carbons (Fsp3) is 0.133. The largest absolute Gasteiger partial charge is 0.376 e. The highest BCUT2D eigenvalue weighted by Gasteiger charge is 2.34. The van der Waals surface area contributed by atoms with Crippen molar-refractivity contribution in [3.63, 3.8) is 0 Å². The average molecular weight is 319 g/mol. The molecule has 1 unspecified atom stereocenters. The predicted octanol–water partition coefficient (Wildman–Crippen LogP) is 3.15. The molecule has 1 aliphatic heterocycles. The summed E-state index contributed by atoms with van der Waals surface area (Å²) in [5.41, 5.74) is 1.76. The van der Waals surface area contributed by atoms with Crippen molar-refractivity contribution in [2.75, 3.05) is 11.1 Å². The first-order valence-corrected chi connectivity index (χ1v) is 8.32. The number of halogens is 1. The minimum Gasteiger partial charge on any atom is -0.376 e. The van der Waals surface area contributed by atoms with Gasteiger partial charge in [0.25, 0.3) is 0 Å². The lowest BCUT2D eigenvalue weighted by Gasteiger charge is -2.15. The van der Waals surface area contributed by atoms with Crippen molar-refractivity contribution in [2.45, 2.75) is 10.9 Å². The molecule has 0 aromatic heterocycles. The van der Waals surface area contributed by atoms with Crippen LogP contribution in [-0.2, 0) is 9.84 Å². The molecule has 2 aromatic carbocycles. The normalized spacial score (nSPS) is 18.8. The second-order valence-electron chi connectivity index (χ2n) is 4.82. The summed E-state index contributed by atoms with van der Waals surface area (Å²) in [7, 11) is -3.27. The van der Waals surface area contributed by atoms with E-state index >= 15 is 0 Å². The summed E-state index contributed by atoms with van der Waals surface area (Å²) in [6.07, 6.45) is 0. The predicted molar refractivity (Wildman–Crippen MR) is 81.0 cm³/mol. The number of nitrogens with zero attached hydrogens (tertiary/aromatic N) is 1. The second-order valence-corrected chi connectivity index (χ2v) is 7.23. The van der Waals surface area contributed by atoms with Gasteiger partial charge < -0.3 is 5.32 Å². The Kier molecular flexibility index (Phi) is 3.36. The van der Waals surface area contributed by atoms with Crippen LogP contribution in [-0.4, -0.2) is 14.2 Å². The van der Waals surface area contributed by atoms with Gasteiger partial charge in [0.15, 0.2) is 9.84 Å². The molecule has 0 spiro atoms. The number of rotatable bonds is 2. The SMILES string of the molecule is N#Cc1ccc(Cl)c(NC2CS(=O)(=O)c3ccccc32)c1. The number of nitriles is 1. The summed E-state index contributed by atoms with van der Waals surface area (Å²) in [5.74, 6) is -0.0144. The molecule has 6 heteroatoms. The summed E-state index contributed by atoms with van der Waals surface area (Å²) in [4.78, 5) is 0.357. The van der Waals surface area contributed by atoms with E-state index in [0.29, 0.717) is 21.2 Å². The van der Waals surface area contributed by atoms with Crippen molar-refractivity contribution in [2.24, 2.45) is 0 Å². The number of anilines is 1. The molecule has 1 atom stereocenters. The maximum atomic E-state index is 12.1. The first-order chi connectivity index (χ1) is 10.0. The van der Waals surface area contributed by atoms with E-state index < -0.39 is 9.84 Å². The van der Waals surface area contributed by atoms with Crippen LogP contribution in [0.1, 0.15) is 17.2 Å². The van der Waals surface area contributed by atoms with Crippen LogP contribution >= 0.6 is 11.6 Å². The Morgan fingerprint density at radius 3 is 2.76 bits per heavy atom. The molecule has 0 bridgehead atoms. The Labute approximate surface area is 127 Å². The van der Waals surface area contributed by atoms with Gasteiger partial charge in [0.05, 0.1) is 39.0 Å². The Hall–Kier alpha value is -2.03. The summed E-state index contributed by atoms with van der Waals surface area (Å²) in [5, 5.41) is 12.5. The van der Waals surface area contributed by atoms with Crippen molar-refractivity contribution < 1.29 is 8.42 Å². The van der Waals surface area contributed by atoms with Gasteiger partial charge in [-0.3, -0.25) is 0 Å². The number of hydrogen-bond donors (Lipinski definition) is 1. The van der Waals surface area contributed by atoms with Gasteiger partial charge in [-0.15, -0.1) is 0 Å². The molecule has 0 radical (unpaired) electrons. The van der Waals surface area contributed by atoms with Gasteiger partial charge in [-0.2, -0.15) is 5.26 Å². The highest BCUT2D eigenvalue weighted by Crippen LogP contribution is 2.36. The van der Waals surface area contributed by atoms with Gasteiger partial charge in [-0.25, -0.2) is 8.42 Å². The van der Waals surface area contributed by atoms with E-state index in [2.05, 4.69) is 5.32 Å². The van der Waals surface area contributed by atoms with Crippen LogP contribution in [0.3, 0.4) is 0 Å². The maximum Gasteiger partial charge on any atom is 0.181 e. The molecule has 1 heterocycles. The van der Waals surface area contributed by atoms with Crippen molar-refractivity contribution in [3.8, 4) is 6.07 Å². The van der Waals surface area contributed by atoms with E-state index in [4.69, 9.17) is 16.9 Å². The van der Waals surface area contributed by atoms with E-state index in [-0.39, 0.29) is 11.8 Å². The lowest BCUT2D eigenvalue weighted by atomic mass is 10.1. The van der Waals surface area contributed by atoms with Gasteiger partial charge >= 0.3 is 0 Å². The van der Waals surface area contributed by atoms with Crippen molar-refractivity contribution in [1.29, 1.82) is 5.26 Å². The highest BCUT2D eigenvalue weighted by molar-refractivity contribution is 7.91. The molecule has 106 valence electrons. The molecule has 0 fully saturated rings. The molecule has 0 amide bonds. The molecule has 0 saturated heterocycles. The lowest BCUT2D eigenvalue weighted by molar-refractivity contribution is 0.598. The van der Waals surface area contributed by atoms with Crippen LogP contribution in [0.25, 0.3) is 0 Å². The standard InChI is InChI=1S/C15H11ClN2O2S/c16-12-6-5-10(8-17)7-13(12)18-14-9-21(19,20)15-4-2-1-3-11(14)15/h1-7,14,18H,9H2. The first-order valence-electron chi connectivity index (χ1n) is 6.29. The number of nitrogens with one attached hydrogen (secondary N) is 1. The van der Waals surface area contributed by atoms with Crippen LogP contribution in [0.2, 0.25) is 5.02 Å². The molecule has 1 aliphatic rings. The smallest absolute Gasteiger partial charge is 0.181 e. The van der Waals surface area contributed by atoms with Crippen LogP contribution in [0.5, 0.6) is 0 Å². The zero-order chi connectivity index (χ0) is 15.0. The van der Waals surface area contributed by atoms with Crippen molar-refractivity contribution in [3.05, 3.63) is 58.6 Å². The van der Waals surface area contributed by atoms with E-state index in [1.807, 2.05) is 12.1 Å². The molecule has 21 heavy (non-hydrogen) atoms. The maximum absolute atomic E-state index is 12.1. The van der Waals surface area contributed by atoms with Gasteiger partial charge in [-0.1, -0.05) is 29.8 Å².